The molecule has 0 bridgehead atoms. The monoisotopic (exact) mass is 280 g/mol. The van der Waals surface area contributed by atoms with Crippen LogP contribution in [0.2, 0.25) is 5.15 Å². The molecule has 2 rings (SSSR count). The van der Waals surface area contributed by atoms with Gasteiger partial charge in [0.05, 0.1) is 12.8 Å². The van der Waals surface area contributed by atoms with Crippen LogP contribution >= 0.6 is 11.6 Å². The fourth-order valence-corrected chi connectivity index (χ4v) is 2.01. The molecule has 0 saturated carbocycles. The first kappa shape index (κ1) is 13.7. The molecule has 0 spiro atoms. The van der Waals surface area contributed by atoms with Crippen molar-refractivity contribution in [3.05, 3.63) is 41.1 Å². The van der Waals surface area contributed by atoms with E-state index in [1.165, 1.54) is 7.11 Å². The predicted molar refractivity (Wildman–Crippen MR) is 73.0 cm³/mol. The number of aromatic nitrogens is 2. The highest BCUT2D eigenvalue weighted by Crippen LogP contribution is 2.28. The van der Waals surface area contributed by atoms with Crippen LogP contribution in [-0.4, -0.2) is 17.1 Å². The summed E-state index contributed by atoms with van der Waals surface area (Å²) in [4.78, 5) is 8.46. The molecule has 0 aliphatic carbocycles. The fourth-order valence-electron chi connectivity index (χ4n) is 1.80. The maximum atomic E-state index is 14.2. The SMILES string of the molecule is CCCc1nc(Cl)cc(-c2cccc(OC)c2F)n1. The number of benzene rings is 1. The molecule has 1 aromatic carbocycles. The molecule has 1 heterocycles. The standard InChI is InChI=1S/C14H14ClFN2O/c1-3-5-13-17-10(8-12(15)18-13)9-6-4-7-11(19-2)14(9)16/h4,6-8H,3,5H2,1-2H3. The second-order valence-corrected chi connectivity index (χ2v) is 4.45. The quantitative estimate of drug-likeness (QED) is 0.797. The highest BCUT2D eigenvalue weighted by molar-refractivity contribution is 6.29. The average molecular weight is 281 g/mol. The second kappa shape index (κ2) is 5.97. The van der Waals surface area contributed by atoms with Crippen LogP contribution in [0.3, 0.4) is 0 Å². The Morgan fingerprint density at radius 2 is 2.11 bits per heavy atom. The third kappa shape index (κ3) is 3.01. The van der Waals surface area contributed by atoms with Crippen molar-refractivity contribution < 1.29 is 9.13 Å². The molecule has 5 heteroatoms. The van der Waals surface area contributed by atoms with Crippen molar-refractivity contribution in [3.8, 4) is 17.0 Å². The molecule has 0 unspecified atom stereocenters. The summed E-state index contributed by atoms with van der Waals surface area (Å²) in [6.45, 7) is 2.02. The van der Waals surface area contributed by atoms with Crippen molar-refractivity contribution in [2.75, 3.05) is 7.11 Å². The maximum Gasteiger partial charge on any atom is 0.174 e. The lowest BCUT2D eigenvalue weighted by Crippen LogP contribution is -1.99. The normalized spacial score (nSPS) is 10.5. The van der Waals surface area contributed by atoms with Gasteiger partial charge < -0.3 is 4.74 Å². The van der Waals surface area contributed by atoms with E-state index >= 15 is 0 Å². The molecule has 0 atom stereocenters. The Kier molecular flexibility index (Phi) is 4.32. The third-order valence-electron chi connectivity index (χ3n) is 2.67. The van der Waals surface area contributed by atoms with Gasteiger partial charge in [0, 0.05) is 18.1 Å². The van der Waals surface area contributed by atoms with Crippen molar-refractivity contribution in [3.63, 3.8) is 0 Å². The summed E-state index contributed by atoms with van der Waals surface area (Å²) >= 11 is 5.96. The summed E-state index contributed by atoms with van der Waals surface area (Å²) in [5.41, 5.74) is 0.834. The molecule has 0 N–H and O–H groups in total. The van der Waals surface area contributed by atoms with Crippen LogP contribution in [-0.2, 0) is 6.42 Å². The van der Waals surface area contributed by atoms with Gasteiger partial charge in [0.2, 0.25) is 0 Å². The zero-order valence-electron chi connectivity index (χ0n) is 10.8. The lowest BCUT2D eigenvalue weighted by Gasteiger charge is -2.08. The lowest BCUT2D eigenvalue weighted by atomic mass is 10.1. The van der Waals surface area contributed by atoms with Gasteiger partial charge in [-0.05, 0) is 18.6 Å². The van der Waals surface area contributed by atoms with Crippen molar-refractivity contribution in [2.45, 2.75) is 19.8 Å². The van der Waals surface area contributed by atoms with Gasteiger partial charge in [-0.1, -0.05) is 24.6 Å². The van der Waals surface area contributed by atoms with E-state index in [1.807, 2.05) is 6.92 Å². The van der Waals surface area contributed by atoms with E-state index in [9.17, 15) is 4.39 Å². The Bertz CT molecular complexity index is 590. The first-order valence-corrected chi connectivity index (χ1v) is 6.39. The Hall–Kier alpha value is -1.68. The molecule has 0 fully saturated rings. The Labute approximate surface area is 116 Å². The van der Waals surface area contributed by atoms with Gasteiger partial charge in [-0.25, -0.2) is 14.4 Å². The molecule has 0 aliphatic rings. The number of aryl methyl sites for hydroxylation is 1. The van der Waals surface area contributed by atoms with Crippen molar-refractivity contribution in [1.29, 1.82) is 0 Å². The summed E-state index contributed by atoms with van der Waals surface area (Å²) in [6.07, 6.45) is 1.61. The van der Waals surface area contributed by atoms with Gasteiger partial charge in [-0.2, -0.15) is 0 Å². The summed E-state index contributed by atoms with van der Waals surface area (Å²) < 4.78 is 19.1. The molecule has 0 aliphatic heterocycles. The molecule has 19 heavy (non-hydrogen) atoms. The number of methoxy groups -OCH3 is 1. The van der Waals surface area contributed by atoms with Crippen LogP contribution in [0.1, 0.15) is 19.2 Å². The maximum absolute atomic E-state index is 14.2. The Morgan fingerprint density at radius 3 is 2.79 bits per heavy atom. The van der Waals surface area contributed by atoms with E-state index in [2.05, 4.69) is 9.97 Å². The van der Waals surface area contributed by atoms with Crippen LogP contribution < -0.4 is 4.74 Å². The highest BCUT2D eigenvalue weighted by Gasteiger charge is 2.13. The van der Waals surface area contributed by atoms with E-state index in [4.69, 9.17) is 16.3 Å². The van der Waals surface area contributed by atoms with Gasteiger partial charge in [0.25, 0.3) is 0 Å². The molecule has 1 aromatic heterocycles. The average Bonchev–Trinajstić information content (AvgIpc) is 2.38. The lowest BCUT2D eigenvalue weighted by molar-refractivity contribution is 0.387. The minimum Gasteiger partial charge on any atom is -0.494 e. The van der Waals surface area contributed by atoms with Gasteiger partial charge in [-0.15, -0.1) is 0 Å². The van der Waals surface area contributed by atoms with Gasteiger partial charge in [0.15, 0.2) is 11.6 Å². The van der Waals surface area contributed by atoms with Crippen LogP contribution in [0.15, 0.2) is 24.3 Å². The predicted octanol–water partition coefficient (Wildman–Crippen LogP) is 3.90. The molecule has 0 radical (unpaired) electrons. The largest absolute Gasteiger partial charge is 0.494 e. The van der Waals surface area contributed by atoms with E-state index in [1.54, 1.807) is 24.3 Å². The molecule has 0 amide bonds. The summed E-state index contributed by atoms with van der Waals surface area (Å²) in [5, 5.41) is 0.315. The molecule has 100 valence electrons. The molecule has 2 aromatic rings. The van der Waals surface area contributed by atoms with Gasteiger partial charge >= 0.3 is 0 Å². The smallest absolute Gasteiger partial charge is 0.174 e. The molecule has 0 saturated heterocycles. The van der Waals surface area contributed by atoms with Gasteiger partial charge in [0.1, 0.15) is 11.0 Å². The van der Waals surface area contributed by atoms with Crippen LogP contribution in [0.25, 0.3) is 11.3 Å². The van der Waals surface area contributed by atoms with Crippen molar-refractivity contribution in [1.82, 2.24) is 9.97 Å². The number of hydrogen-bond acceptors (Lipinski definition) is 3. The number of rotatable bonds is 4. The van der Waals surface area contributed by atoms with Crippen molar-refractivity contribution in [2.24, 2.45) is 0 Å². The molecular formula is C14H14ClFN2O. The second-order valence-electron chi connectivity index (χ2n) is 4.06. The molecular weight excluding hydrogens is 267 g/mol. The van der Waals surface area contributed by atoms with Gasteiger partial charge in [-0.3, -0.25) is 0 Å². The topological polar surface area (TPSA) is 35.0 Å². The van der Waals surface area contributed by atoms with E-state index in [-0.39, 0.29) is 5.75 Å². The van der Waals surface area contributed by atoms with E-state index < -0.39 is 5.82 Å². The Balaban J connectivity index is 2.52. The van der Waals surface area contributed by atoms with Crippen LogP contribution in [0.5, 0.6) is 5.75 Å². The summed E-state index contributed by atoms with van der Waals surface area (Å²) in [6, 6.07) is 6.48. The fraction of sp³-hybridized carbons (Fsp3) is 0.286. The zero-order valence-corrected chi connectivity index (χ0v) is 11.5. The number of nitrogens with zero attached hydrogens (tertiary/aromatic N) is 2. The first-order valence-electron chi connectivity index (χ1n) is 6.02. The number of hydrogen-bond donors (Lipinski definition) is 0. The highest BCUT2D eigenvalue weighted by atomic mass is 35.5. The van der Waals surface area contributed by atoms with Crippen LogP contribution in [0, 0.1) is 5.82 Å². The van der Waals surface area contributed by atoms with Crippen LogP contribution in [0.4, 0.5) is 4.39 Å². The van der Waals surface area contributed by atoms with E-state index in [0.717, 1.165) is 6.42 Å². The summed E-state index contributed by atoms with van der Waals surface area (Å²) in [7, 11) is 1.43. The minimum absolute atomic E-state index is 0.185. The molecule has 3 nitrogen and oxygen atoms in total. The Morgan fingerprint density at radius 1 is 1.32 bits per heavy atom. The van der Waals surface area contributed by atoms with Crippen molar-refractivity contribution >= 4 is 11.6 Å². The van der Waals surface area contributed by atoms with E-state index in [0.29, 0.717) is 28.7 Å². The number of halogens is 2. The third-order valence-corrected chi connectivity index (χ3v) is 2.87. The zero-order chi connectivity index (χ0) is 13.8. The summed E-state index contributed by atoms with van der Waals surface area (Å²) in [5.74, 6) is 0.360. The minimum atomic E-state index is -0.442. The number of ether oxygens (including phenoxy) is 1. The first-order chi connectivity index (χ1) is 9.15.